The second kappa shape index (κ2) is 4.38. The van der Waals surface area contributed by atoms with Gasteiger partial charge in [-0.2, -0.15) is 0 Å². The van der Waals surface area contributed by atoms with Gasteiger partial charge in [-0.25, -0.2) is 0 Å². The summed E-state index contributed by atoms with van der Waals surface area (Å²) >= 11 is 0. The summed E-state index contributed by atoms with van der Waals surface area (Å²) in [5, 5.41) is 2.53. The highest BCUT2D eigenvalue weighted by Gasteiger charge is 2.42. The van der Waals surface area contributed by atoms with Gasteiger partial charge in [0.15, 0.2) is 0 Å². The lowest BCUT2D eigenvalue weighted by Crippen LogP contribution is -2.46. The van der Waals surface area contributed by atoms with Crippen LogP contribution in [0.1, 0.15) is 30.9 Å². The zero-order valence-electron chi connectivity index (χ0n) is 10.6. The van der Waals surface area contributed by atoms with Crippen molar-refractivity contribution in [1.82, 2.24) is 0 Å². The molecule has 2 heteroatoms. The molecule has 3 rings (SSSR count). The third kappa shape index (κ3) is 1.64. The Morgan fingerprint density at radius 3 is 2.44 bits per heavy atom. The average molecular weight is 240 g/mol. The van der Waals surface area contributed by atoms with E-state index in [1.165, 1.54) is 22.8 Å². The van der Waals surface area contributed by atoms with Crippen molar-refractivity contribution in [3.8, 4) is 0 Å². The second-order valence-corrected chi connectivity index (χ2v) is 5.47. The van der Waals surface area contributed by atoms with Crippen LogP contribution in [-0.2, 0) is 0 Å². The predicted octanol–water partition coefficient (Wildman–Crippen LogP) is 2.97. The maximum absolute atomic E-state index is 6.53. The highest BCUT2D eigenvalue weighted by atomic mass is 14.8. The number of hydrogen-bond donors (Lipinski definition) is 2. The van der Waals surface area contributed by atoms with Gasteiger partial charge >= 0.3 is 0 Å². The number of benzene rings is 2. The molecule has 0 saturated heterocycles. The summed E-state index contributed by atoms with van der Waals surface area (Å²) in [6, 6.07) is 14.9. The fraction of sp³-hybridized carbons (Fsp3) is 0.375. The second-order valence-electron chi connectivity index (χ2n) is 5.47. The van der Waals surface area contributed by atoms with E-state index in [9.17, 15) is 0 Å². The van der Waals surface area contributed by atoms with E-state index in [1.807, 2.05) is 0 Å². The van der Waals surface area contributed by atoms with Gasteiger partial charge in [0, 0.05) is 11.5 Å². The van der Waals surface area contributed by atoms with Crippen molar-refractivity contribution in [1.29, 1.82) is 0 Å². The highest BCUT2D eigenvalue weighted by Crippen LogP contribution is 2.49. The van der Waals surface area contributed by atoms with Gasteiger partial charge in [0.1, 0.15) is 0 Å². The molecule has 18 heavy (non-hydrogen) atoms. The fourth-order valence-corrected chi connectivity index (χ4v) is 3.12. The Labute approximate surface area is 108 Å². The molecular formula is C16H20N2. The van der Waals surface area contributed by atoms with Crippen LogP contribution < -0.4 is 11.5 Å². The first-order valence-corrected chi connectivity index (χ1v) is 6.70. The van der Waals surface area contributed by atoms with Crippen LogP contribution in [-0.4, -0.2) is 6.54 Å². The third-order valence-corrected chi connectivity index (χ3v) is 4.57. The summed E-state index contributed by atoms with van der Waals surface area (Å²) in [7, 11) is 0. The van der Waals surface area contributed by atoms with Crippen molar-refractivity contribution in [2.24, 2.45) is 16.9 Å². The molecule has 0 spiro atoms. The molecule has 1 atom stereocenters. The van der Waals surface area contributed by atoms with Crippen molar-refractivity contribution >= 4 is 10.8 Å². The minimum absolute atomic E-state index is 0.0577. The molecule has 0 heterocycles. The van der Waals surface area contributed by atoms with Gasteiger partial charge in [0.2, 0.25) is 0 Å². The Kier molecular flexibility index (Phi) is 2.84. The van der Waals surface area contributed by atoms with Crippen LogP contribution in [0.4, 0.5) is 0 Å². The largest absolute Gasteiger partial charge is 0.330 e. The van der Waals surface area contributed by atoms with Gasteiger partial charge in [-0.15, -0.1) is 0 Å². The molecule has 2 aromatic carbocycles. The van der Waals surface area contributed by atoms with Gasteiger partial charge in [-0.1, -0.05) is 48.9 Å². The van der Waals surface area contributed by atoms with E-state index in [1.54, 1.807) is 0 Å². The van der Waals surface area contributed by atoms with Gasteiger partial charge in [-0.3, -0.25) is 0 Å². The number of nitrogens with two attached hydrogens (primary N) is 2. The Morgan fingerprint density at radius 1 is 1.06 bits per heavy atom. The van der Waals surface area contributed by atoms with E-state index in [4.69, 9.17) is 11.5 Å². The van der Waals surface area contributed by atoms with Gasteiger partial charge in [0.05, 0.1) is 0 Å². The van der Waals surface area contributed by atoms with E-state index in [2.05, 4.69) is 42.5 Å². The SMILES string of the molecule is NCC1(C(N)c2cccc3ccccc23)CCC1. The van der Waals surface area contributed by atoms with Crippen LogP contribution in [0.15, 0.2) is 42.5 Å². The summed E-state index contributed by atoms with van der Waals surface area (Å²) < 4.78 is 0. The molecule has 0 bridgehead atoms. The van der Waals surface area contributed by atoms with E-state index < -0.39 is 0 Å². The standard InChI is InChI=1S/C16H20N2/c17-11-16(9-4-10-16)15(18)14-8-3-6-12-5-1-2-7-13(12)14/h1-3,5-8,15H,4,9-11,17-18H2. The molecule has 2 aromatic rings. The quantitative estimate of drug-likeness (QED) is 0.866. The first kappa shape index (κ1) is 11.7. The normalized spacial score (nSPS) is 19.4. The Morgan fingerprint density at radius 2 is 1.78 bits per heavy atom. The van der Waals surface area contributed by atoms with Gasteiger partial charge in [-0.05, 0) is 35.7 Å². The monoisotopic (exact) mass is 240 g/mol. The maximum atomic E-state index is 6.53. The molecule has 0 radical (unpaired) electrons. The topological polar surface area (TPSA) is 52.0 Å². The lowest BCUT2D eigenvalue weighted by molar-refractivity contribution is 0.105. The third-order valence-electron chi connectivity index (χ3n) is 4.57. The van der Waals surface area contributed by atoms with Crippen LogP contribution in [0.3, 0.4) is 0 Å². The smallest absolute Gasteiger partial charge is 0.0370 e. The van der Waals surface area contributed by atoms with Crippen LogP contribution in [0.2, 0.25) is 0 Å². The van der Waals surface area contributed by atoms with Gasteiger partial charge < -0.3 is 11.5 Å². The Hall–Kier alpha value is -1.38. The molecule has 1 unspecified atom stereocenters. The summed E-state index contributed by atoms with van der Waals surface area (Å²) in [5.74, 6) is 0. The predicted molar refractivity (Wildman–Crippen MR) is 76.2 cm³/mol. The highest BCUT2D eigenvalue weighted by molar-refractivity contribution is 5.86. The minimum Gasteiger partial charge on any atom is -0.330 e. The summed E-state index contributed by atoms with van der Waals surface area (Å²) in [6.07, 6.45) is 3.58. The van der Waals surface area contributed by atoms with Crippen molar-refractivity contribution < 1.29 is 0 Å². The first-order valence-electron chi connectivity index (χ1n) is 6.70. The summed E-state index contributed by atoms with van der Waals surface area (Å²) in [4.78, 5) is 0. The molecular weight excluding hydrogens is 220 g/mol. The van der Waals surface area contributed by atoms with E-state index in [0.717, 1.165) is 12.8 Å². The molecule has 0 amide bonds. The van der Waals surface area contributed by atoms with Crippen molar-refractivity contribution in [3.05, 3.63) is 48.0 Å². The Bertz CT molecular complexity index is 547. The minimum atomic E-state index is 0.0577. The molecule has 0 aromatic heterocycles. The molecule has 1 fully saturated rings. The van der Waals surface area contributed by atoms with Crippen molar-refractivity contribution in [2.75, 3.05) is 6.54 Å². The van der Waals surface area contributed by atoms with E-state index in [0.29, 0.717) is 6.54 Å². The summed E-state index contributed by atoms with van der Waals surface area (Å²) in [6.45, 7) is 0.692. The van der Waals surface area contributed by atoms with Gasteiger partial charge in [0.25, 0.3) is 0 Å². The van der Waals surface area contributed by atoms with Crippen LogP contribution in [0.25, 0.3) is 10.8 Å². The molecule has 0 aliphatic heterocycles. The lowest BCUT2D eigenvalue weighted by atomic mass is 9.62. The first-order chi connectivity index (χ1) is 8.77. The van der Waals surface area contributed by atoms with Crippen molar-refractivity contribution in [2.45, 2.75) is 25.3 Å². The summed E-state index contributed by atoms with van der Waals surface area (Å²) in [5.41, 5.74) is 13.9. The number of fused-ring (bicyclic) bond motifs is 1. The molecule has 2 nitrogen and oxygen atoms in total. The van der Waals surface area contributed by atoms with E-state index in [-0.39, 0.29) is 11.5 Å². The molecule has 4 N–H and O–H groups in total. The zero-order chi connectivity index (χ0) is 12.6. The zero-order valence-corrected chi connectivity index (χ0v) is 10.6. The molecule has 1 aliphatic rings. The van der Waals surface area contributed by atoms with Crippen LogP contribution in [0.5, 0.6) is 0 Å². The number of hydrogen-bond acceptors (Lipinski definition) is 2. The lowest BCUT2D eigenvalue weighted by Gasteiger charge is -2.46. The maximum Gasteiger partial charge on any atom is 0.0370 e. The Balaban J connectivity index is 2.09. The van der Waals surface area contributed by atoms with Crippen LogP contribution >= 0.6 is 0 Å². The van der Waals surface area contributed by atoms with Crippen LogP contribution in [0, 0.1) is 5.41 Å². The average Bonchev–Trinajstić information content (AvgIpc) is 2.37. The number of rotatable bonds is 3. The molecule has 94 valence electrons. The molecule has 1 aliphatic carbocycles. The van der Waals surface area contributed by atoms with Crippen molar-refractivity contribution in [3.63, 3.8) is 0 Å². The van der Waals surface area contributed by atoms with E-state index >= 15 is 0 Å². The fourth-order valence-electron chi connectivity index (χ4n) is 3.12. The molecule has 1 saturated carbocycles.